The Balaban J connectivity index is 1.36. The van der Waals surface area contributed by atoms with Gasteiger partial charge in [0, 0.05) is 5.56 Å². The van der Waals surface area contributed by atoms with Crippen molar-refractivity contribution < 1.29 is 45.2 Å². The summed E-state index contributed by atoms with van der Waals surface area (Å²) in [5.74, 6) is 1.45. The third-order valence-corrected chi connectivity index (χ3v) is 7.56. The Hall–Kier alpha value is -3.03. The monoisotopic (exact) mass is 572 g/mol. The van der Waals surface area contributed by atoms with Gasteiger partial charge >= 0.3 is 10.4 Å². The van der Waals surface area contributed by atoms with Gasteiger partial charge in [-0.05, 0) is 35.4 Å². The topological polar surface area (TPSA) is 108 Å². The van der Waals surface area contributed by atoms with E-state index < -0.39 is 41.1 Å². The lowest BCUT2D eigenvalue weighted by atomic mass is 10.0. The Morgan fingerprint density at radius 1 is 0.725 bits per heavy atom. The number of rotatable bonds is 10. The molecular formula is C29H32O10S. The fraction of sp³-hybridized carbons (Fsp3) is 0.379. The smallest absolute Gasteiger partial charge is 0.400 e. The standard InChI is InChI=1S/C29H32O10S/c1-32-23-12-8-20(9-13-23)16-34-25-18-36-29(22-6-4-3-5-7-22)38-27(25)28-26(19-37-40(30,31)39-28)35-17-21-10-14-24(33-2)15-11-21/h3-15,25-29H,16-19H2,1-2H3/t25-,26-,27-,28-,29?/m1/s1. The van der Waals surface area contributed by atoms with Crippen molar-refractivity contribution in [2.75, 3.05) is 27.4 Å². The number of hydrogen-bond donors (Lipinski definition) is 0. The van der Waals surface area contributed by atoms with Crippen molar-refractivity contribution in [1.82, 2.24) is 0 Å². The molecule has 40 heavy (non-hydrogen) atoms. The maximum atomic E-state index is 12.4. The third kappa shape index (κ3) is 7.18. The van der Waals surface area contributed by atoms with Crippen LogP contribution in [0.1, 0.15) is 23.0 Å². The molecule has 2 aliphatic rings. The van der Waals surface area contributed by atoms with E-state index in [9.17, 15) is 8.42 Å². The van der Waals surface area contributed by atoms with Gasteiger partial charge in [0.1, 0.15) is 35.9 Å². The van der Waals surface area contributed by atoms with Crippen molar-refractivity contribution in [3.63, 3.8) is 0 Å². The largest absolute Gasteiger partial charge is 0.497 e. The normalized spacial score (nSPS) is 26.2. The van der Waals surface area contributed by atoms with Crippen LogP contribution in [-0.4, -0.2) is 60.3 Å². The fourth-order valence-electron chi connectivity index (χ4n) is 4.49. The Labute approximate surface area is 234 Å². The lowest BCUT2D eigenvalue weighted by Crippen LogP contribution is -2.57. The zero-order valence-electron chi connectivity index (χ0n) is 22.2. The summed E-state index contributed by atoms with van der Waals surface area (Å²) in [4.78, 5) is 0. The third-order valence-electron chi connectivity index (χ3n) is 6.67. The summed E-state index contributed by atoms with van der Waals surface area (Å²) in [6.45, 7) is 0.347. The van der Waals surface area contributed by atoms with Gasteiger partial charge in [0.2, 0.25) is 0 Å². The van der Waals surface area contributed by atoms with E-state index in [0.717, 1.165) is 28.2 Å². The number of benzene rings is 3. The van der Waals surface area contributed by atoms with Gasteiger partial charge in [-0.15, -0.1) is 0 Å². The molecule has 0 saturated carbocycles. The van der Waals surface area contributed by atoms with E-state index in [2.05, 4.69) is 0 Å². The molecule has 214 valence electrons. The number of hydrogen-bond acceptors (Lipinski definition) is 10. The van der Waals surface area contributed by atoms with E-state index in [-0.39, 0.29) is 26.4 Å². The molecule has 1 unspecified atom stereocenters. The van der Waals surface area contributed by atoms with Crippen molar-refractivity contribution in [3.05, 3.63) is 95.6 Å². The molecule has 2 aliphatic heterocycles. The van der Waals surface area contributed by atoms with Gasteiger partial charge in [0.25, 0.3) is 0 Å². The second-order valence-corrected chi connectivity index (χ2v) is 10.6. The zero-order chi connectivity index (χ0) is 28.0. The molecule has 0 radical (unpaired) electrons. The minimum Gasteiger partial charge on any atom is -0.497 e. The highest BCUT2D eigenvalue weighted by Crippen LogP contribution is 2.34. The zero-order valence-corrected chi connectivity index (χ0v) is 23.0. The molecule has 11 heteroatoms. The van der Waals surface area contributed by atoms with Crippen LogP contribution in [0.2, 0.25) is 0 Å². The molecule has 0 aliphatic carbocycles. The molecule has 0 amide bonds. The Kier molecular flexibility index (Phi) is 9.33. The van der Waals surface area contributed by atoms with Gasteiger partial charge in [-0.25, -0.2) is 8.37 Å². The van der Waals surface area contributed by atoms with Gasteiger partial charge in [-0.3, -0.25) is 0 Å². The highest BCUT2D eigenvalue weighted by atomic mass is 32.3. The summed E-state index contributed by atoms with van der Waals surface area (Å²) in [5, 5.41) is 0. The molecule has 3 aromatic rings. The summed E-state index contributed by atoms with van der Waals surface area (Å²) in [6, 6.07) is 24.2. The highest BCUT2D eigenvalue weighted by molar-refractivity contribution is 7.81. The van der Waals surface area contributed by atoms with Gasteiger partial charge in [-0.2, -0.15) is 8.42 Å². The first-order chi connectivity index (χ1) is 19.4. The second kappa shape index (κ2) is 13.1. The maximum Gasteiger partial charge on any atom is 0.400 e. The minimum atomic E-state index is -4.27. The molecular weight excluding hydrogens is 540 g/mol. The fourth-order valence-corrected chi connectivity index (χ4v) is 5.36. The summed E-state index contributed by atoms with van der Waals surface area (Å²) < 4.78 is 70.5. The highest BCUT2D eigenvalue weighted by Gasteiger charge is 2.48. The Morgan fingerprint density at radius 2 is 1.27 bits per heavy atom. The minimum absolute atomic E-state index is 0.145. The average molecular weight is 573 g/mol. The summed E-state index contributed by atoms with van der Waals surface area (Å²) >= 11 is 0. The molecule has 5 rings (SSSR count). The Bertz CT molecular complexity index is 1320. The van der Waals surface area contributed by atoms with E-state index in [1.165, 1.54) is 0 Å². The molecule has 10 nitrogen and oxygen atoms in total. The van der Waals surface area contributed by atoms with Crippen LogP contribution in [0.4, 0.5) is 0 Å². The molecule has 0 spiro atoms. The van der Waals surface area contributed by atoms with Crippen LogP contribution in [-0.2, 0) is 50.9 Å². The first-order valence-corrected chi connectivity index (χ1v) is 14.2. The van der Waals surface area contributed by atoms with Crippen LogP contribution in [0.5, 0.6) is 11.5 Å². The summed E-state index contributed by atoms with van der Waals surface area (Å²) in [6.07, 6.45) is -4.07. The van der Waals surface area contributed by atoms with Crippen LogP contribution in [0, 0.1) is 0 Å². The predicted molar refractivity (Wildman–Crippen MR) is 143 cm³/mol. The van der Waals surface area contributed by atoms with E-state index in [4.69, 9.17) is 36.8 Å². The molecule has 2 fully saturated rings. The predicted octanol–water partition coefficient (Wildman–Crippen LogP) is 3.95. The Morgan fingerprint density at radius 3 is 1.82 bits per heavy atom. The van der Waals surface area contributed by atoms with E-state index in [0.29, 0.717) is 0 Å². The van der Waals surface area contributed by atoms with Crippen molar-refractivity contribution in [3.8, 4) is 11.5 Å². The van der Waals surface area contributed by atoms with Crippen molar-refractivity contribution in [2.24, 2.45) is 0 Å². The molecule has 2 saturated heterocycles. The van der Waals surface area contributed by atoms with Crippen molar-refractivity contribution in [1.29, 1.82) is 0 Å². The summed E-state index contributed by atoms with van der Waals surface area (Å²) in [7, 11) is -1.08. The lowest BCUT2D eigenvalue weighted by molar-refractivity contribution is -0.295. The SMILES string of the molecule is COc1ccc(CO[C@@H]2COC(c3ccccc3)O[C@H]2[C@@H]2OS(=O)(=O)OC[C@H]2OCc2ccc(OC)cc2)cc1. The number of ether oxygens (including phenoxy) is 6. The lowest BCUT2D eigenvalue weighted by Gasteiger charge is -2.43. The molecule has 2 heterocycles. The molecule has 0 N–H and O–H groups in total. The average Bonchev–Trinajstić information content (AvgIpc) is 3.00. The van der Waals surface area contributed by atoms with Crippen LogP contribution < -0.4 is 9.47 Å². The first kappa shape index (κ1) is 28.5. The summed E-state index contributed by atoms with van der Waals surface area (Å²) in [5.41, 5.74) is 2.56. The van der Waals surface area contributed by atoms with E-state index >= 15 is 0 Å². The van der Waals surface area contributed by atoms with Crippen molar-refractivity contribution in [2.45, 2.75) is 43.9 Å². The molecule has 0 bridgehead atoms. The first-order valence-electron chi connectivity index (χ1n) is 12.8. The van der Waals surface area contributed by atoms with Crippen LogP contribution in [0.25, 0.3) is 0 Å². The second-order valence-electron chi connectivity index (χ2n) is 9.33. The number of methoxy groups -OCH3 is 2. The van der Waals surface area contributed by atoms with Crippen LogP contribution in [0.3, 0.4) is 0 Å². The van der Waals surface area contributed by atoms with Gasteiger partial charge in [0.05, 0.1) is 40.6 Å². The molecule has 5 atom stereocenters. The molecule has 0 aromatic heterocycles. The molecule has 3 aromatic carbocycles. The van der Waals surface area contributed by atoms with Gasteiger partial charge in [0.15, 0.2) is 6.29 Å². The van der Waals surface area contributed by atoms with Crippen LogP contribution in [0.15, 0.2) is 78.9 Å². The van der Waals surface area contributed by atoms with E-state index in [1.54, 1.807) is 14.2 Å². The maximum absolute atomic E-state index is 12.4. The van der Waals surface area contributed by atoms with Gasteiger partial charge in [-0.1, -0.05) is 54.6 Å². The van der Waals surface area contributed by atoms with Crippen molar-refractivity contribution >= 4 is 10.4 Å². The quantitative estimate of drug-likeness (QED) is 0.354. The van der Waals surface area contributed by atoms with Crippen LogP contribution >= 0.6 is 0 Å². The van der Waals surface area contributed by atoms with E-state index in [1.807, 2.05) is 78.9 Å². The van der Waals surface area contributed by atoms with Gasteiger partial charge < -0.3 is 28.4 Å².